The van der Waals surface area contributed by atoms with Crippen LogP contribution in [0.4, 0.5) is 0 Å². The van der Waals surface area contributed by atoms with E-state index < -0.39 is 0 Å². The van der Waals surface area contributed by atoms with Gasteiger partial charge in [0.05, 0.1) is 7.11 Å². The molecule has 108 valence electrons. The molecule has 1 atom stereocenters. The highest BCUT2D eigenvalue weighted by atomic mass is 16.5. The number of aromatic nitrogens is 2. The molecule has 0 radical (unpaired) electrons. The van der Waals surface area contributed by atoms with Gasteiger partial charge in [0.2, 0.25) is 0 Å². The van der Waals surface area contributed by atoms with Gasteiger partial charge in [-0.25, -0.2) is 0 Å². The number of hydrogen-bond donors (Lipinski definition) is 2. The minimum Gasteiger partial charge on any atom is -0.508 e. The zero-order valence-corrected chi connectivity index (χ0v) is 12.1. The fraction of sp³-hybridized carbons (Fsp3) is 0.400. The molecular weight excluding hydrogens is 254 g/mol. The number of aryl methyl sites for hydroxylation is 1. The van der Waals surface area contributed by atoms with Crippen molar-refractivity contribution < 1.29 is 9.84 Å². The first-order valence-corrected chi connectivity index (χ1v) is 6.69. The van der Waals surface area contributed by atoms with Crippen LogP contribution in [0.3, 0.4) is 0 Å². The third-order valence-electron chi connectivity index (χ3n) is 3.46. The average molecular weight is 275 g/mol. The summed E-state index contributed by atoms with van der Waals surface area (Å²) in [6, 6.07) is 7.33. The summed E-state index contributed by atoms with van der Waals surface area (Å²) in [5.74, 6) is 1.03. The standard InChI is InChI=1S/C15H21N3O2/c1-11(14-10-13(20-3)4-5-15(14)19)16-8-6-12-7-9-17-18(12)2/h4-5,7,9-11,16,19H,6,8H2,1-3H3. The summed E-state index contributed by atoms with van der Waals surface area (Å²) < 4.78 is 7.06. The van der Waals surface area contributed by atoms with Crippen LogP contribution in [0.25, 0.3) is 0 Å². The number of nitrogens with one attached hydrogen (secondary N) is 1. The maximum absolute atomic E-state index is 9.92. The van der Waals surface area contributed by atoms with Gasteiger partial charge in [-0.15, -0.1) is 0 Å². The first kappa shape index (κ1) is 14.4. The Balaban J connectivity index is 1.94. The molecule has 2 N–H and O–H groups in total. The number of benzene rings is 1. The molecule has 1 aromatic heterocycles. The number of rotatable bonds is 6. The first-order chi connectivity index (χ1) is 9.61. The average Bonchev–Trinajstić information content (AvgIpc) is 2.85. The van der Waals surface area contributed by atoms with E-state index in [1.54, 1.807) is 25.4 Å². The minimum atomic E-state index is 0.0540. The number of hydrogen-bond acceptors (Lipinski definition) is 4. The summed E-state index contributed by atoms with van der Waals surface area (Å²) in [6.07, 6.45) is 2.69. The van der Waals surface area contributed by atoms with Crippen LogP contribution in [0.5, 0.6) is 11.5 Å². The number of phenols is 1. The molecule has 0 aliphatic rings. The van der Waals surface area contributed by atoms with E-state index in [9.17, 15) is 5.11 Å². The van der Waals surface area contributed by atoms with E-state index in [4.69, 9.17) is 4.74 Å². The quantitative estimate of drug-likeness (QED) is 0.847. The Labute approximate surface area is 119 Å². The highest BCUT2D eigenvalue weighted by molar-refractivity contribution is 5.41. The molecule has 0 aliphatic carbocycles. The van der Waals surface area contributed by atoms with Crippen molar-refractivity contribution >= 4 is 0 Å². The fourth-order valence-electron chi connectivity index (χ4n) is 2.18. The van der Waals surface area contributed by atoms with E-state index in [2.05, 4.69) is 10.4 Å². The van der Waals surface area contributed by atoms with Crippen LogP contribution in [0.1, 0.15) is 24.2 Å². The Hall–Kier alpha value is -2.01. The zero-order valence-electron chi connectivity index (χ0n) is 12.1. The maximum Gasteiger partial charge on any atom is 0.120 e. The molecule has 0 amide bonds. The molecule has 5 heteroatoms. The predicted molar refractivity (Wildman–Crippen MR) is 78.0 cm³/mol. The summed E-state index contributed by atoms with van der Waals surface area (Å²) in [6.45, 7) is 2.84. The van der Waals surface area contributed by atoms with Crippen LogP contribution in [0.15, 0.2) is 30.5 Å². The van der Waals surface area contributed by atoms with Gasteiger partial charge in [0.1, 0.15) is 11.5 Å². The van der Waals surface area contributed by atoms with Crippen LogP contribution in [-0.2, 0) is 13.5 Å². The minimum absolute atomic E-state index is 0.0540. The highest BCUT2D eigenvalue weighted by Crippen LogP contribution is 2.28. The van der Waals surface area contributed by atoms with Gasteiger partial charge in [-0.3, -0.25) is 4.68 Å². The van der Waals surface area contributed by atoms with Gasteiger partial charge in [-0.05, 0) is 31.2 Å². The van der Waals surface area contributed by atoms with Crippen molar-refractivity contribution in [3.63, 3.8) is 0 Å². The second-order valence-electron chi connectivity index (χ2n) is 4.80. The molecule has 0 fully saturated rings. The molecule has 2 rings (SSSR count). The van der Waals surface area contributed by atoms with Gasteiger partial charge in [-0.1, -0.05) is 0 Å². The second-order valence-corrected chi connectivity index (χ2v) is 4.80. The summed E-state index contributed by atoms with van der Waals surface area (Å²) in [5, 5.41) is 17.5. The summed E-state index contributed by atoms with van der Waals surface area (Å²) in [4.78, 5) is 0. The topological polar surface area (TPSA) is 59.3 Å². The summed E-state index contributed by atoms with van der Waals surface area (Å²) in [7, 11) is 3.56. The predicted octanol–water partition coefficient (Wildman–Crippen LogP) is 2.03. The Morgan fingerprint density at radius 1 is 1.40 bits per heavy atom. The molecule has 2 aromatic rings. The van der Waals surface area contributed by atoms with E-state index >= 15 is 0 Å². The van der Waals surface area contributed by atoms with E-state index in [-0.39, 0.29) is 11.8 Å². The van der Waals surface area contributed by atoms with Crippen molar-refractivity contribution in [2.75, 3.05) is 13.7 Å². The molecule has 1 heterocycles. The Kier molecular flexibility index (Phi) is 4.63. The van der Waals surface area contributed by atoms with Crippen LogP contribution >= 0.6 is 0 Å². The number of methoxy groups -OCH3 is 1. The number of aromatic hydroxyl groups is 1. The highest BCUT2D eigenvalue weighted by Gasteiger charge is 2.11. The smallest absolute Gasteiger partial charge is 0.120 e. The summed E-state index contributed by atoms with van der Waals surface area (Å²) in [5.41, 5.74) is 2.02. The second kappa shape index (κ2) is 6.43. The lowest BCUT2D eigenvalue weighted by Gasteiger charge is -2.16. The van der Waals surface area contributed by atoms with Gasteiger partial charge in [0.15, 0.2) is 0 Å². The molecule has 0 aliphatic heterocycles. The van der Waals surface area contributed by atoms with E-state index in [0.717, 1.165) is 24.3 Å². The number of ether oxygens (including phenoxy) is 1. The molecular formula is C15H21N3O2. The Morgan fingerprint density at radius 3 is 2.85 bits per heavy atom. The molecule has 1 aromatic carbocycles. The van der Waals surface area contributed by atoms with Gasteiger partial charge in [0.25, 0.3) is 0 Å². The van der Waals surface area contributed by atoms with Crippen molar-refractivity contribution in [2.24, 2.45) is 7.05 Å². The van der Waals surface area contributed by atoms with E-state index in [1.165, 1.54) is 5.69 Å². The van der Waals surface area contributed by atoms with Crippen LogP contribution in [0.2, 0.25) is 0 Å². The van der Waals surface area contributed by atoms with E-state index in [0.29, 0.717) is 0 Å². The Morgan fingerprint density at radius 2 is 2.20 bits per heavy atom. The molecule has 20 heavy (non-hydrogen) atoms. The number of nitrogens with zero attached hydrogens (tertiary/aromatic N) is 2. The molecule has 0 saturated carbocycles. The van der Waals surface area contributed by atoms with Gasteiger partial charge < -0.3 is 15.2 Å². The zero-order chi connectivity index (χ0) is 14.5. The summed E-state index contributed by atoms with van der Waals surface area (Å²) >= 11 is 0. The molecule has 0 bridgehead atoms. The van der Waals surface area contributed by atoms with Crippen LogP contribution in [-0.4, -0.2) is 28.5 Å². The molecule has 5 nitrogen and oxygen atoms in total. The van der Waals surface area contributed by atoms with Crippen molar-refractivity contribution in [2.45, 2.75) is 19.4 Å². The third-order valence-corrected chi connectivity index (χ3v) is 3.46. The first-order valence-electron chi connectivity index (χ1n) is 6.69. The van der Waals surface area contributed by atoms with E-state index in [1.807, 2.05) is 30.8 Å². The number of phenolic OH excluding ortho intramolecular Hbond substituents is 1. The van der Waals surface area contributed by atoms with Crippen molar-refractivity contribution in [3.8, 4) is 11.5 Å². The third kappa shape index (κ3) is 3.30. The molecule has 0 saturated heterocycles. The molecule has 1 unspecified atom stereocenters. The lowest BCUT2D eigenvalue weighted by Crippen LogP contribution is -2.22. The normalized spacial score (nSPS) is 12.3. The van der Waals surface area contributed by atoms with Gasteiger partial charge in [0, 0.05) is 43.5 Å². The van der Waals surface area contributed by atoms with Crippen molar-refractivity contribution in [1.29, 1.82) is 0 Å². The van der Waals surface area contributed by atoms with Crippen LogP contribution in [0, 0.1) is 0 Å². The fourth-order valence-corrected chi connectivity index (χ4v) is 2.18. The van der Waals surface area contributed by atoms with Gasteiger partial charge >= 0.3 is 0 Å². The van der Waals surface area contributed by atoms with Crippen molar-refractivity contribution in [3.05, 3.63) is 41.7 Å². The maximum atomic E-state index is 9.92. The Bertz CT molecular complexity index is 566. The molecule has 0 spiro atoms. The van der Waals surface area contributed by atoms with Gasteiger partial charge in [-0.2, -0.15) is 5.10 Å². The largest absolute Gasteiger partial charge is 0.508 e. The lowest BCUT2D eigenvalue weighted by atomic mass is 10.1. The lowest BCUT2D eigenvalue weighted by molar-refractivity contribution is 0.407. The monoisotopic (exact) mass is 275 g/mol. The van der Waals surface area contributed by atoms with Crippen LogP contribution < -0.4 is 10.1 Å². The van der Waals surface area contributed by atoms with Crippen molar-refractivity contribution in [1.82, 2.24) is 15.1 Å². The SMILES string of the molecule is COc1ccc(O)c(C(C)NCCc2ccnn2C)c1.